The zero-order chi connectivity index (χ0) is 12.3. The lowest BCUT2D eigenvalue weighted by Gasteiger charge is -2.16. The molecule has 0 aliphatic carbocycles. The summed E-state index contributed by atoms with van der Waals surface area (Å²) in [6, 6.07) is 1.45. The van der Waals surface area contributed by atoms with Crippen LogP contribution in [0.3, 0.4) is 0 Å². The van der Waals surface area contributed by atoms with Crippen molar-refractivity contribution in [3.05, 3.63) is 22.7 Å². The minimum absolute atomic E-state index is 0. The van der Waals surface area contributed by atoms with Gasteiger partial charge >= 0.3 is 0 Å². The Balaban J connectivity index is 0.00000256. The van der Waals surface area contributed by atoms with Crippen molar-refractivity contribution in [3.63, 3.8) is 0 Å². The number of hydrogen-bond donors (Lipinski definition) is 1. The van der Waals surface area contributed by atoms with Gasteiger partial charge in [-0.25, -0.2) is 8.78 Å². The number of halogens is 4. The molecule has 0 aliphatic rings. The molecule has 0 aromatic heterocycles. The molecule has 2 N–H and O–H groups in total. The molecule has 3 nitrogen and oxygen atoms in total. The highest BCUT2D eigenvalue weighted by Crippen LogP contribution is 2.40. The summed E-state index contributed by atoms with van der Waals surface area (Å²) in [6.45, 7) is 0. The van der Waals surface area contributed by atoms with E-state index in [2.05, 4.69) is 0 Å². The lowest BCUT2D eigenvalue weighted by atomic mass is 10.1. The average molecular weight is 288 g/mol. The van der Waals surface area contributed by atoms with Crippen LogP contribution < -0.4 is 15.2 Å². The van der Waals surface area contributed by atoms with E-state index in [0.717, 1.165) is 0 Å². The van der Waals surface area contributed by atoms with E-state index in [9.17, 15) is 8.78 Å². The highest BCUT2D eigenvalue weighted by Gasteiger charge is 2.23. The van der Waals surface area contributed by atoms with Crippen LogP contribution in [-0.4, -0.2) is 20.6 Å². The maximum Gasteiger partial charge on any atom is 0.257 e. The highest BCUT2D eigenvalue weighted by atomic mass is 35.5. The quantitative estimate of drug-likeness (QED) is 0.926. The zero-order valence-electron chi connectivity index (χ0n) is 9.25. The first-order valence-corrected chi connectivity index (χ1v) is 4.84. The second-order valence-electron chi connectivity index (χ2n) is 3.06. The molecule has 0 saturated heterocycles. The van der Waals surface area contributed by atoms with Crippen LogP contribution in [0.1, 0.15) is 11.6 Å². The molecule has 98 valence electrons. The molecule has 0 amide bonds. The second-order valence-corrected chi connectivity index (χ2v) is 3.44. The standard InChI is InChI=1S/C10H12ClF2NO2.ClH/c1-15-6-4-3-5(8(14)10(12)13)7(11)9(6)16-2;/h3-4,8,10H,14H2,1-2H3;1H/t8-;/m0./s1. The van der Waals surface area contributed by atoms with Crippen molar-refractivity contribution in [2.45, 2.75) is 12.5 Å². The van der Waals surface area contributed by atoms with Crippen LogP contribution in [0.25, 0.3) is 0 Å². The maximum atomic E-state index is 12.5. The molecule has 17 heavy (non-hydrogen) atoms. The number of nitrogens with two attached hydrogens (primary N) is 1. The van der Waals surface area contributed by atoms with Gasteiger partial charge in [0.05, 0.1) is 25.3 Å². The lowest BCUT2D eigenvalue weighted by molar-refractivity contribution is 0.116. The van der Waals surface area contributed by atoms with Gasteiger partial charge in [-0.05, 0) is 11.6 Å². The number of alkyl halides is 2. The lowest BCUT2D eigenvalue weighted by Crippen LogP contribution is -2.19. The Labute approximate surface area is 109 Å². The second kappa shape index (κ2) is 6.83. The molecule has 0 fully saturated rings. The molecular weight excluding hydrogens is 275 g/mol. The Hall–Kier alpha value is -0.780. The third-order valence-electron chi connectivity index (χ3n) is 2.15. The molecule has 1 atom stereocenters. The van der Waals surface area contributed by atoms with E-state index >= 15 is 0 Å². The van der Waals surface area contributed by atoms with E-state index in [1.165, 1.54) is 26.4 Å². The van der Waals surface area contributed by atoms with Gasteiger partial charge in [-0.3, -0.25) is 0 Å². The third kappa shape index (κ3) is 3.34. The number of hydrogen-bond acceptors (Lipinski definition) is 3. The molecule has 0 spiro atoms. The summed E-state index contributed by atoms with van der Waals surface area (Å²) < 4.78 is 34.9. The normalized spacial score (nSPS) is 11.9. The van der Waals surface area contributed by atoms with Gasteiger partial charge in [-0.1, -0.05) is 17.7 Å². The summed E-state index contributed by atoms with van der Waals surface area (Å²) in [5.41, 5.74) is 5.46. The molecule has 0 saturated carbocycles. The molecule has 0 heterocycles. The van der Waals surface area contributed by atoms with Crippen LogP contribution in [0.5, 0.6) is 11.5 Å². The summed E-state index contributed by atoms with van der Waals surface area (Å²) in [7, 11) is 2.81. The van der Waals surface area contributed by atoms with Gasteiger partial charge in [-0.2, -0.15) is 0 Å². The predicted octanol–water partition coefficient (Wildman–Crippen LogP) is 3.04. The van der Waals surface area contributed by atoms with Crippen LogP contribution in [0.4, 0.5) is 8.78 Å². The first-order valence-electron chi connectivity index (χ1n) is 4.47. The molecule has 0 aliphatic heterocycles. The van der Waals surface area contributed by atoms with E-state index in [1.807, 2.05) is 0 Å². The van der Waals surface area contributed by atoms with Crippen LogP contribution in [0, 0.1) is 0 Å². The Bertz CT molecular complexity index is 378. The van der Waals surface area contributed by atoms with Crippen LogP contribution >= 0.6 is 24.0 Å². The van der Waals surface area contributed by atoms with Crippen LogP contribution in [0.15, 0.2) is 12.1 Å². The van der Waals surface area contributed by atoms with Crippen molar-refractivity contribution in [2.24, 2.45) is 5.73 Å². The van der Waals surface area contributed by atoms with Crippen molar-refractivity contribution < 1.29 is 18.3 Å². The predicted molar refractivity (Wildman–Crippen MR) is 64.7 cm³/mol. The Morgan fingerprint density at radius 2 is 1.82 bits per heavy atom. The highest BCUT2D eigenvalue weighted by molar-refractivity contribution is 6.33. The fourth-order valence-corrected chi connectivity index (χ4v) is 1.66. The van der Waals surface area contributed by atoms with E-state index < -0.39 is 12.5 Å². The van der Waals surface area contributed by atoms with E-state index in [1.54, 1.807) is 0 Å². The minimum atomic E-state index is -2.68. The fourth-order valence-electron chi connectivity index (χ4n) is 1.30. The summed E-state index contributed by atoms with van der Waals surface area (Å²) >= 11 is 5.91. The molecule has 0 radical (unpaired) electrons. The number of methoxy groups -OCH3 is 2. The molecule has 1 rings (SSSR count). The van der Waals surface area contributed by atoms with Gasteiger partial charge in [0.15, 0.2) is 11.5 Å². The summed E-state index contributed by atoms with van der Waals surface area (Å²) in [6.07, 6.45) is -2.68. The van der Waals surface area contributed by atoms with Gasteiger partial charge in [0.2, 0.25) is 0 Å². The monoisotopic (exact) mass is 287 g/mol. The van der Waals surface area contributed by atoms with Crippen molar-refractivity contribution in [1.82, 2.24) is 0 Å². The summed E-state index contributed by atoms with van der Waals surface area (Å²) in [5.74, 6) is 0.579. The average Bonchev–Trinajstić information content (AvgIpc) is 2.27. The first-order chi connectivity index (χ1) is 7.52. The summed E-state index contributed by atoms with van der Waals surface area (Å²) in [4.78, 5) is 0. The van der Waals surface area contributed by atoms with E-state index in [0.29, 0.717) is 5.75 Å². The fraction of sp³-hybridized carbons (Fsp3) is 0.400. The van der Waals surface area contributed by atoms with E-state index in [-0.39, 0.29) is 28.7 Å². The van der Waals surface area contributed by atoms with Crippen molar-refractivity contribution >= 4 is 24.0 Å². The third-order valence-corrected chi connectivity index (χ3v) is 2.54. The van der Waals surface area contributed by atoms with Crippen molar-refractivity contribution in [3.8, 4) is 11.5 Å². The number of benzene rings is 1. The topological polar surface area (TPSA) is 44.5 Å². The number of ether oxygens (including phenoxy) is 2. The molecule has 1 aromatic rings. The van der Waals surface area contributed by atoms with Gasteiger partial charge in [-0.15, -0.1) is 12.4 Å². The Morgan fingerprint density at radius 1 is 1.24 bits per heavy atom. The van der Waals surface area contributed by atoms with Gasteiger partial charge in [0, 0.05) is 0 Å². The first kappa shape index (κ1) is 16.2. The van der Waals surface area contributed by atoms with Crippen molar-refractivity contribution in [1.29, 1.82) is 0 Å². The molecule has 7 heteroatoms. The van der Waals surface area contributed by atoms with Gasteiger partial charge < -0.3 is 15.2 Å². The molecular formula is C10H13Cl2F2NO2. The Morgan fingerprint density at radius 3 is 2.24 bits per heavy atom. The maximum absolute atomic E-state index is 12.5. The summed E-state index contributed by atoms with van der Waals surface area (Å²) in [5, 5.41) is 0.0506. The minimum Gasteiger partial charge on any atom is -0.493 e. The van der Waals surface area contributed by atoms with Gasteiger partial charge in [0.1, 0.15) is 0 Å². The van der Waals surface area contributed by atoms with E-state index in [4.69, 9.17) is 26.8 Å². The Kier molecular flexibility index (Phi) is 6.52. The van der Waals surface area contributed by atoms with Crippen LogP contribution in [-0.2, 0) is 0 Å². The zero-order valence-corrected chi connectivity index (χ0v) is 10.8. The SMILES string of the molecule is COc1ccc([C@H](N)C(F)F)c(Cl)c1OC.Cl. The molecule has 0 unspecified atom stereocenters. The smallest absolute Gasteiger partial charge is 0.257 e. The largest absolute Gasteiger partial charge is 0.493 e. The van der Waals surface area contributed by atoms with Gasteiger partial charge in [0.25, 0.3) is 6.43 Å². The molecule has 1 aromatic carbocycles. The van der Waals surface area contributed by atoms with Crippen LogP contribution in [0.2, 0.25) is 5.02 Å². The number of rotatable bonds is 4. The van der Waals surface area contributed by atoms with Crippen molar-refractivity contribution in [2.75, 3.05) is 14.2 Å². The molecule has 0 bridgehead atoms.